The average molecular weight is 286 g/mol. The summed E-state index contributed by atoms with van der Waals surface area (Å²) in [6.45, 7) is 1.77. The molecule has 1 rings (SSSR count). The van der Waals surface area contributed by atoms with Gasteiger partial charge in [0.1, 0.15) is 5.01 Å². The second-order valence-electron chi connectivity index (χ2n) is 3.83. The molecule has 1 aromatic rings. The third kappa shape index (κ3) is 5.34. The molecule has 1 unspecified atom stereocenters. The molecule has 0 aliphatic rings. The number of hydrogen-bond donors (Lipinski definition) is 4. The van der Waals surface area contributed by atoms with Crippen molar-refractivity contribution in [1.82, 2.24) is 15.6 Å². The predicted molar refractivity (Wildman–Crippen MR) is 67.7 cm³/mol. The summed E-state index contributed by atoms with van der Waals surface area (Å²) >= 11 is 1.14. The Labute approximate surface area is 113 Å². The average Bonchev–Trinajstić information content (AvgIpc) is 2.73. The summed E-state index contributed by atoms with van der Waals surface area (Å²) in [6.07, 6.45) is 0.0494. The van der Waals surface area contributed by atoms with Crippen molar-refractivity contribution in [3.8, 4) is 0 Å². The van der Waals surface area contributed by atoms with Crippen LogP contribution < -0.4 is 16.4 Å². The lowest BCUT2D eigenvalue weighted by Gasteiger charge is -2.12. The van der Waals surface area contributed by atoms with E-state index < -0.39 is 17.9 Å². The second kappa shape index (κ2) is 6.69. The van der Waals surface area contributed by atoms with E-state index in [2.05, 4.69) is 15.6 Å². The van der Waals surface area contributed by atoms with Gasteiger partial charge in [-0.15, -0.1) is 11.3 Å². The van der Waals surface area contributed by atoms with Gasteiger partial charge < -0.3 is 21.5 Å². The Bertz CT molecular complexity index is 488. The minimum atomic E-state index is -1.11. The highest BCUT2D eigenvalue weighted by Gasteiger charge is 2.11. The molecule has 0 radical (unpaired) electrons. The summed E-state index contributed by atoms with van der Waals surface area (Å²) < 4.78 is 0. The van der Waals surface area contributed by atoms with E-state index in [0.717, 1.165) is 11.3 Å². The molecule has 5 N–H and O–H groups in total. The third-order valence-corrected chi connectivity index (χ3v) is 2.90. The van der Waals surface area contributed by atoms with Crippen molar-refractivity contribution in [2.24, 2.45) is 5.73 Å². The molecule has 0 aliphatic carbocycles. The fraction of sp³-hybridized carbons (Fsp3) is 0.400. The molecule has 19 heavy (non-hydrogen) atoms. The van der Waals surface area contributed by atoms with Crippen molar-refractivity contribution in [3.05, 3.63) is 16.1 Å². The molecule has 0 aromatic carbocycles. The Morgan fingerprint density at radius 2 is 2.21 bits per heavy atom. The molecule has 9 heteroatoms. The number of urea groups is 1. The first-order valence-electron chi connectivity index (χ1n) is 5.39. The van der Waals surface area contributed by atoms with Gasteiger partial charge in [0, 0.05) is 17.8 Å². The molecule has 0 saturated heterocycles. The van der Waals surface area contributed by atoms with Gasteiger partial charge in [-0.1, -0.05) is 0 Å². The number of carboxylic acid groups (broad SMARTS) is 1. The molecule has 8 nitrogen and oxygen atoms in total. The number of nitrogens with two attached hydrogens (primary N) is 1. The van der Waals surface area contributed by atoms with Crippen LogP contribution >= 0.6 is 11.3 Å². The first-order chi connectivity index (χ1) is 8.88. The van der Waals surface area contributed by atoms with E-state index in [-0.39, 0.29) is 24.7 Å². The van der Waals surface area contributed by atoms with E-state index in [4.69, 9.17) is 10.8 Å². The van der Waals surface area contributed by atoms with Gasteiger partial charge in [0.25, 0.3) is 0 Å². The largest absolute Gasteiger partial charge is 0.476 e. The number of carbonyl (C=O) groups is 3. The Morgan fingerprint density at radius 1 is 1.53 bits per heavy atom. The SMILES string of the molecule is CC(CC(N)=O)NC(=O)NCc1nc(C(=O)O)cs1. The van der Waals surface area contributed by atoms with Crippen LogP contribution in [-0.2, 0) is 11.3 Å². The number of aromatic carboxylic acids is 1. The first-order valence-corrected chi connectivity index (χ1v) is 6.26. The number of primary amides is 1. The molecule has 1 aromatic heterocycles. The topological polar surface area (TPSA) is 134 Å². The zero-order valence-electron chi connectivity index (χ0n) is 10.2. The van der Waals surface area contributed by atoms with Crippen LogP contribution in [0.4, 0.5) is 4.79 Å². The maximum absolute atomic E-state index is 11.4. The number of carboxylic acids is 1. The van der Waals surface area contributed by atoms with Crippen molar-refractivity contribution in [3.63, 3.8) is 0 Å². The minimum absolute atomic E-state index is 0.0494. The van der Waals surface area contributed by atoms with E-state index in [9.17, 15) is 14.4 Å². The van der Waals surface area contributed by atoms with Crippen LogP contribution in [0.2, 0.25) is 0 Å². The van der Waals surface area contributed by atoms with Crippen LogP contribution in [0.3, 0.4) is 0 Å². The maximum Gasteiger partial charge on any atom is 0.355 e. The van der Waals surface area contributed by atoms with Gasteiger partial charge in [-0.25, -0.2) is 14.6 Å². The van der Waals surface area contributed by atoms with Gasteiger partial charge in [-0.2, -0.15) is 0 Å². The summed E-state index contributed by atoms with van der Waals surface area (Å²) in [6, 6.07) is -0.843. The second-order valence-corrected chi connectivity index (χ2v) is 4.77. The number of nitrogens with zero attached hydrogens (tertiary/aromatic N) is 1. The van der Waals surface area contributed by atoms with Gasteiger partial charge in [-0.05, 0) is 6.92 Å². The van der Waals surface area contributed by atoms with Gasteiger partial charge >= 0.3 is 12.0 Å². The normalized spacial score (nSPS) is 11.6. The lowest BCUT2D eigenvalue weighted by molar-refractivity contribution is -0.118. The van der Waals surface area contributed by atoms with Crippen molar-refractivity contribution >= 4 is 29.2 Å². The minimum Gasteiger partial charge on any atom is -0.476 e. The van der Waals surface area contributed by atoms with E-state index in [0.29, 0.717) is 5.01 Å². The number of rotatable bonds is 6. The van der Waals surface area contributed by atoms with Crippen LogP contribution in [-0.4, -0.2) is 34.0 Å². The standard InChI is InChI=1S/C10H14N4O4S/c1-5(2-7(11)15)13-10(18)12-3-8-14-6(4-19-8)9(16)17/h4-5H,2-3H2,1H3,(H2,11,15)(H,16,17)(H2,12,13,18). The summed E-state index contributed by atoms with van der Waals surface area (Å²) in [7, 11) is 0. The summed E-state index contributed by atoms with van der Waals surface area (Å²) in [5.41, 5.74) is 4.94. The molecule has 0 bridgehead atoms. The Hall–Kier alpha value is -2.16. The molecule has 0 fully saturated rings. The maximum atomic E-state index is 11.4. The summed E-state index contributed by atoms with van der Waals surface area (Å²) in [5, 5.41) is 15.6. The monoisotopic (exact) mass is 286 g/mol. The fourth-order valence-electron chi connectivity index (χ4n) is 1.27. The van der Waals surface area contributed by atoms with Crippen molar-refractivity contribution in [2.75, 3.05) is 0 Å². The number of carbonyl (C=O) groups excluding carboxylic acids is 2. The van der Waals surface area contributed by atoms with Crippen LogP contribution in [0.1, 0.15) is 28.8 Å². The van der Waals surface area contributed by atoms with Crippen molar-refractivity contribution in [2.45, 2.75) is 25.9 Å². The molecular formula is C10H14N4O4S. The molecule has 0 saturated carbocycles. The summed E-state index contributed by atoms with van der Waals surface area (Å²) in [5.74, 6) is -1.61. The smallest absolute Gasteiger partial charge is 0.355 e. The molecule has 1 heterocycles. The van der Waals surface area contributed by atoms with Gasteiger partial charge in [0.2, 0.25) is 5.91 Å². The fourth-order valence-corrected chi connectivity index (χ4v) is 1.98. The number of amides is 3. The van der Waals surface area contributed by atoms with Crippen LogP contribution in [0.5, 0.6) is 0 Å². The Morgan fingerprint density at radius 3 is 2.74 bits per heavy atom. The molecule has 104 valence electrons. The first kappa shape index (κ1) is 14.9. The van der Waals surface area contributed by atoms with E-state index >= 15 is 0 Å². The highest BCUT2D eigenvalue weighted by Crippen LogP contribution is 2.09. The number of nitrogens with one attached hydrogen (secondary N) is 2. The summed E-state index contributed by atoms with van der Waals surface area (Å²) in [4.78, 5) is 36.5. The van der Waals surface area contributed by atoms with E-state index in [1.165, 1.54) is 5.38 Å². The van der Waals surface area contributed by atoms with Crippen LogP contribution in [0, 0.1) is 0 Å². The number of hydrogen-bond acceptors (Lipinski definition) is 5. The molecule has 1 atom stereocenters. The number of aromatic nitrogens is 1. The Kier molecular flexibility index (Phi) is 5.24. The zero-order valence-corrected chi connectivity index (χ0v) is 11.0. The molecule has 3 amide bonds. The quantitative estimate of drug-likeness (QED) is 0.579. The van der Waals surface area contributed by atoms with Gasteiger partial charge in [-0.3, -0.25) is 4.79 Å². The molecular weight excluding hydrogens is 272 g/mol. The number of thiazole rings is 1. The lowest BCUT2D eigenvalue weighted by Crippen LogP contribution is -2.42. The molecule has 0 spiro atoms. The van der Waals surface area contributed by atoms with Gasteiger partial charge in [0.15, 0.2) is 5.69 Å². The predicted octanol–water partition coefficient (Wildman–Crippen LogP) is -0.0956. The third-order valence-electron chi connectivity index (χ3n) is 2.06. The highest BCUT2D eigenvalue weighted by molar-refractivity contribution is 7.09. The zero-order chi connectivity index (χ0) is 14.4. The van der Waals surface area contributed by atoms with E-state index in [1.54, 1.807) is 6.92 Å². The lowest BCUT2D eigenvalue weighted by atomic mass is 10.2. The Balaban J connectivity index is 2.37. The van der Waals surface area contributed by atoms with Crippen molar-refractivity contribution < 1.29 is 19.5 Å². The van der Waals surface area contributed by atoms with Gasteiger partial charge in [0.05, 0.1) is 6.54 Å². The van der Waals surface area contributed by atoms with Crippen LogP contribution in [0.15, 0.2) is 5.38 Å². The van der Waals surface area contributed by atoms with Crippen LogP contribution in [0.25, 0.3) is 0 Å². The van der Waals surface area contributed by atoms with E-state index in [1.807, 2.05) is 0 Å². The highest BCUT2D eigenvalue weighted by atomic mass is 32.1. The molecule has 0 aliphatic heterocycles. The van der Waals surface area contributed by atoms with Crippen molar-refractivity contribution in [1.29, 1.82) is 0 Å².